The molecular weight excluding hydrogens is 1100 g/mol. The zero-order chi connectivity index (χ0) is 61.9. The Morgan fingerprint density at radius 3 is 1.93 bits per heavy atom. The van der Waals surface area contributed by atoms with E-state index in [1.54, 1.807) is 59.0 Å². The number of nitrogens with zero attached hydrogens (tertiary/aromatic N) is 3. The molecule has 9 atom stereocenters. The van der Waals surface area contributed by atoms with Crippen molar-refractivity contribution in [2.24, 2.45) is 28.3 Å². The van der Waals surface area contributed by atoms with Gasteiger partial charge in [0.15, 0.2) is 5.96 Å². The van der Waals surface area contributed by atoms with Gasteiger partial charge in [-0.05, 0) is 80.2 Å². The molecule has 17 N–H and O–H groups in total. The molecule has 2 aliphatic heterocycles. The van der Waals surface area contributed by atoms with Crippen molar-refractivity contribution in [3.05, 3.63) is 84.1 Å². The number of aliphatic hydroxyl groups is 1. The maximum Gasteiger partial charge on any atom is 0.245 e. The van der Waals surface area contributed by atoms with Crippen molar-refractivity contribution in [3.8, 4) is 5.75 Å². The van der Waals surface area contributed by atoms with E-state index in [9.17, 15) is 58.2 Å². The fourth-order valence-electron chi connectivity index (χ4n) is 10.1. The van der Waals surface area contributed by atoms with Gasteiger partial charge < -0.3 is 84.4 Å². The lowest BCUT2D eigenvalue weighted by Gasteiger charge is -2.31. The summed E-state index contributed by atoms with van der Waals surface area (Å²) in [6, 6.07) is 1.48. The number of aromatic hydroxyl groups is 1. The van der Waals surface area contributed by atoms with E-state index in [1.807, 2.05) is 6.07 Å². The van der Waals surface area contributed by atoms with Gasteiger partial charge in [-0.25, -0.2) is 4.98 Å². The molecule has 0 saturated carbocycles. The number of H-pyrrole nitrogens is 2. The average Bonchev–Trinajstić information content (AvgIpc) is 4.01. The number of imidazole rings is 1. The first-order chi connectivity index (χ1) is 40.6. The fourth-order valence-corrected chi connectivity index (χ4v) is 10.1. The summed E-state index contributed by atoms with van der Waals surface area (Å²) in [6.45, 7) is 8.15. The van der Waals surface area contributed by atoms with Crippen LogP contribution in [0.1, 0.15) is 90.0 Å². The monoisotopic (exact) mass is 1180 g/mol. The minimum atomic E-state index is -1.75. The molecule has 6 rings (SSSR count). The van der Waals surface area contributed by atoms with Crippen molar-refractivity contribution in [3.63, 3.8) is 0 Å². The standard InChI is InChI=1S/C57H80N16O12/c1-6-61-53(82)44-14-10-22-73(44)56(85)39(13-9-21-62-57(58)59)66-54(83)46(30(2)3)72-55(84)47(31(4)5)71-51(80)40(23-32-15-17-35(75)18-16-32)67-52(81)43(28-74)70-49(78)41(24-33-26-63-37-12-8-7-11-36(33)37)68-50(79)42(25-34-27-60-29-64-34)69-48(77)38-19-20-45(76)65-38/h7-8,11-12,15-18,26-27,29-31,38-44,46-47,63,74-75H,6,9-10,13-14,19-25,28H2,1-5H3,(H,60,64)(H,61,82)(H,65,76)(H,66,83)(H,67,81)(H,68,79)(H,69,77)(H,70,78)(H,71,80)(H,72,84)(H4,58,59,62)/t38?,39-,40-,41-,42-,43?,44-,46-,47+/m0/s1. The number of likely N-dealkylation sites (tertiary alicyclic amines) is 1. The second-order valence-corrected chi connectivity index (χ2v) is 21.9. The van der Waals surface area contributed by atoms with Crippen molar-refractivity contribution >= 4 is 75.9 Å². The summed E-state index contributed by atoms with van der Waals surface area (Å²) in [5, 5.41) is 45.6. The SMILES string of the molecule is CCNC(=O)[C@@H]1CCCN1C(=O)[C@H](CCCN=C(N)N)NC(=O)[C@@H](NC(=O)[C@H](NC(=O)[C@H](Cc1ccc(O)cc1)NC(=O)C(CO)NC(=O)[C@H](Cc1c[nH]c2ccccc12)NC(=O)[C@H](Cc1cnc[nH]1)NC(=O)C1CCC(=O)N1)C(C)C)C(C)C. The zero-order valence-electron chi connectivity index (χ0n) is 48.4. The van der Waals surface area contributed by atoms with Crippen LogP contribution >= 0.6 is 0 Å². The summed E-state index contributed by atoms with van der Waals surface area (Å²) < 4.78 is 0. The Bertz CT molecular complexity index is 3020. The van der Waals surface area contributed by atoms with E-state index >= 15 is 0 Å². The lowest BCUT2D eigenvalue weighted by atomic mass is 9.98. The molecule has 0 aliphatic carbocycles. The number of aromatic nitrogens is 3. The molecule has 0 radical (unpaired) electrons. The molecule has 2 aromatic carbocycles. The molecule has 28 heteroatoms. The predicted octanol–water partition coefficient (Wildman–Crippen LogP) is -2.22. The minimum Gasteiger partial charge on any atom is -0.508 e. The molecule has 0 spiro atoms. The van der Waals surface area contributed by atoms with Crippen LogP contribution in [-0.2, 0) is 67.2 Å². The Kier molecular flexibility index (Phi) is 23.7. The van der Waals surface area contributed by atoms with Crippen molar-refractivity contribution in [2.75, 3.05) is 26.2 Å². The van der Waals surface area contributed by atoms with Crippen molar-refractivity contribution in [2.45, 2.75) is 147 Å². The number of hydrogen-bond donors (Lipinski definition) is 15. The molecule has 2 fully saturated rings. The summed E-state index contributed by atoms with van der Waals surface area (Å²) >= 11 is 0. The summed E-state index contributed by atoms with van der Waals surface area (Å²) in [6.07, 6.45) is 5.64. The molecule has 2 unspecified atom stereocenters. The van der Waals surface area contributed by atoms with Crippen LogP contribution in [0.25, 0.3) is 10.9 Å². The van der Waals surface area contributed by atoms with Crippen LogP contribution in [0.3, 0.4) is 0 Å². The molecule has 10 amide bonds. The van der Waals surface area contributed by atoms with Crippen LogP contribution in [0.4, 0.5) is 0 Å². The Morgan fingerprint density at radius 1 is 0.718 bits per heavy atom. The van der Waals surface area contributed by atoms with Crippen LogP contribution in [0, 0.1) is 11.8 Å². The first-order valence-corrected chi connectivity index (χ1v) is 28.5. The Morgan fingerprint density at radius 2 is 1.32 bits per heavy atom. The number of carbonyl (C=O) groups is 10. The number of hydrogen-bond acceptors (Lipinski definition) is 14. The molecular formula is C57H80N16O12. The highest BCUT2D eigenvalue weighted by atomic mass is 16.3. The molecule has 4 heterocycles. The van der Waals surface area contributed by atoms with Gasteiger partial charge in [-0.2, -0.15) is 0 Å². The quantitative estimate of drug-likeness (QED) is 0.0149. The molecule has 460 valence electrons. The second kappa shape index (κ2) is 31.0. The summed E-state index contributed by atoms with van der Waals surface area (Å²) in [4.78, 5) is 154. The number of likely N-dealkylation sites (N-methyl/N-ethyl adjacent to an activating group) is 1. The van der Waals surface area contributed by atoms with E-state index < -0.39 is 120 Å². The van der Waals surface area contributed by atoms with Crippen molar-refractivity contribution < 1.29 is 58.2 Å². The fraction of sp³-hybridized carbons (Fsp3) is 0.509. The lowest BCUT2D eigenvalue weighted by Crippen LogP contribution is -2.62. The van der Waals surface area contributed by atoms with Gasteiger partial charge in [-0.15, -0.1) is 0 Å². The Balaban J connectivity index is 1.20. The number of aromatic amines is 2. The van der Waals surface area contributed by atoms with Crippen LogP contribution in [-0.4, -0.2) is 176 Å². The number of rotatable bonds is 30. The molecule has 2 saturated heterocycles. The highest BCUT2D eigenvalue weighted by molar-refractivity contribution is 5.99. The van der Waals surface area contributed by atoms with Crippen LogP contribution in [0.2, 0.25) is 0 Å². The number of nitrogens with two attached hydrogens (primary N) is 2. The van der Waals surface area contributed by atoms with E-state index in [4.69, 9.17) is 11.5 Å². The number of nitrogens with one attached hydrogen (secondary N) is 11. The number of guanidine groups is 1. The first-order valence-electron chi connectivity index (χ1n) is 28.5. The number of aliphatic imine (C=N–C) groups is 1. The highest BCUT2D eigenvalue weighted by Crippen LogP contribution is 2.22. The van der Waals surface area contributed by atoms with Crippen molar-refractivity contribution in [1.82, 2.24) is 67.7 Å². The molecule has 85 heavy (non-hydrogen) atoms. The summed E-state index contributed by atoms with van der Waals surface area (Å²) in [7, 11) is 0. The number of carbonyl (C=O) groups excluding carboxylic acids is 10. The van der Waals surface area contributed by atoms with Crippen LogP contribution < -0.4 is 59.3 Å². The number of aliphatic hydroxyl groups excluding tert-OH is 1. The smallest absolute Gasteiger partial charge is 0.245 e. The highest BCUT2D eigenvalue weighted by Gasteiger charge is 2.40. The predicted molar refractivity (Wildman–Crippen MR) is 311 cm³/mol. The minimum absolute atomic E-state index is 0.0826. The van der Waals surface area contributed by atoms with Crippen LogP contribution in [0.15, 0.2) is 72.2 Å². The van der Waals surface area contributed by atoms with E-state index in [0.717, 1.165) is 5.52 Å². The average molecular weight is 1180 g/mol. The number of para-hydroxylation sites is 1. The third-order valence-corrected chi connectivity index (χ3v) is 14.7. The second-order valence-electron chi connectivity index (χ2n) is 21.9. The molecule has 2 aromatic heterocycles. The van der Waals surface area contributed by atoms with Gasteiger partial charge in [-0.3, -0.25) is 52.9 Å². The number of amides is 10. The molecule has 2 aliphatic rings. The van der Waals surface area contributed by atoms with Gasteiger partial charge in [0.1, 0.15) is 60.1 Å². The Hall–Kier alpha value is -9.08. The summed E-state index contributed by atoms with van der Waals surface area (Å²) in [5.41, 5.74) is 13.2. The van der Waals surface area contributed by atoms with E-state index in [1.165, 1.54) is 41.7 Å². The van der Waals surface area contributed by atoms with Gasteiger partial charge in [0.05, 0.1) is 12.9 Å². The van der Waals surface area contributed by atoms with Gasteiger partial charge in [-0.1, -0.05) is 58.0 Å². The number of phenolic OH excluding ortho intramolecular Hbond substituents is 1. The van der Waals surface area contributed by atoms with E-state index in [0.29, 0.717) is 41.6 Å². The van der Waals surface area contributed by atoms with Crippen molar-refractivity contribution in [1.29, 1.82) is 0 Å². The van der Waals surface area contributed by atoms with E-state index in [-0.39, 0.29) is 81.6 Å². The van der Waals surface area contributed by atoms with E-state index in [2.05, 4.69) is 67.8 Å². The van der Waals surface area contributed by atoms with Crippen LogP contribution in [0.5, 0.6) is 5.75 Å². The van der Waals surface area contributed by atoms with Gasteiger partial charge in [0.25, 0.3) is 0 Å². The maximum absolute atomic E-state index is 14.6. The third kappa shape index (κ3) is 18.5. The lowest BCUT2D eigenvalue weighted by molar-refractivity contribution is -0.142. The third-order valence-electron chi connectivity index (χ3n) is 14.7. The zero-order valence-corrected chi connectivity index (χ0v) is 48.4. The number of phenols is 1. The maximum atomic E-state index is 14.6. The topological polar surface area (TPSA) is 432 Å². The largest absolute Gasteiger partial charge is 0.508 e. The van der Waals surface area contributed by atoms with Gasteiger partial charge >= 0.3 is 0 Å². The number of fused-ring (bicyclic) bond motifs is 1. The summed E-state index contributed by atoms with van der Waals surface area (Å²) in [5.74, 6) is -8.45. The Labute approximate surface area is 491 Å². The van der Waals surface area contributed by atoms with Gasteiger partial charge in [0, 0.05) is 74.3 Å². The number of benzene rings is 2. The normalized spacial score (nSPS) is 17.3. The molecule has 0 bridgehead atoms. The van der Waals surface area contributed by atoms with Gasteiger partial charge in [0.2, 0.25) is 59.1 Å². The first kappa shape index (κ1) is 65.1. The molecule has 28 nitrogen and oxygen atoms in total. The molecule has 4 aromatic rings.